The van der Waals surface area contributed by atoms with Gasteiger partial charge in [-0.3, -0.25) is 4.79 Å². The van der Waals surface area contributed by atoms with E-state index in [9.17, 15) is 14.7 Å². The van der Waals surface area contributed by atoms with Gasteiger partial charge in [-0.2, -0.15) is 0 Å². The Labute approximate surface area is 152 Å². The third kappa shape index (κ3) is 5.51. The molecule has 2 aromatic rings. The summed E-state index contributed by atoms with van der Waals surface area (Å²) in [5, 5.41) is 12.7. The highest BCUT2D eigenvalue weighted by atomic mass is 16.5. The largest absolute Gasteiger partial charge is 0.505 e. The molecular weight excluding hydrogens is 334 g/mol. The fourth-order valence-corrected chi connectivity index (χ4v) is 2.41. The quantitative estimate of drug-likeness (QED) is 0.428. The highest BCUT2D eigenvalue weighted by molar-refractivity contribution is 5.98. The van der Waals surface area contributed by atoms with Crippen LogP contribution < -0.4 is 10.1 Å². The number of anilines is 1. The van der Waals surface area contributed by atoms with Gasteiger partial charge in [0.15, 0.2) is 5.75 Å². The Balaban J connectivity index is 1.76. The molecule has 2 rings (SSSR count). The van der Waals surface area contributed by atoms with Gasteiger partial charge in [0, 0.05) is 6.42 Å². The summed E-state index contributed by atoms with van der Waals surface area (Å²) in [4.78, 5) is 23.6. The van der Waals surface area contributed by atoms with Crippen LogP contribution in [0.25, 0.3) is 0 Å². The Bertz CT molecular complexity index is 773. The second-order valence-electron chi connectivity index (χ2n) is 5.86. The molecule has 0 aliphatic heterocycles. The zero-order chi connectivity index (χ0) is 18.9. The molecule has 0 radical (unpaired) electrons. The summed E-state index contributed by atoms with van der Waals surface area (Å²) in [6.07, 6.45) is 1.67. The molecule has 0 saturated carbocycles. The van der Waals surface area contributed by atoms with E-state index in [-0.39, 0.29) is 22.9 Å². The number of carbonyl (C=O) groups is 2. The predicted molar refractivity (Wildman–Crippen MR) is 98.6 cm³/mol. The second-order valence-corrected chi connectivity index (χ2v) is 5.86. The van der Waals surface area contributed by atoms with Crippen LogP contribution in [0.3, 0.4) is 0 Å². The van der Waals surface area contributed by atoms with Crippen molar-refractivity contribution in [2.45, 2.75) is 26.2 Å². The fourth-order valence-electron chi connectivity index (χ4n) is 2.41. The van der Waals surface area contributed by atoms with E-state index in [0.29, 0.717) is 19.4 Å². The number of para-hydroxylation sites is 1. The van der Waals surface area contributed by atoms with Crippen LogP contribution in [0.1, 0.15) is 35.2 Å². The van der Waals surface area contributed by atoms with Crippen LogP contribution in [0.5, 0.6) is 11.5 Å². The molecule has 0 unspecified atom stereocenters. The van der Waals surface area contributed by atoms with Gasteiger partial charge in [0.1, 0.15) is 11.3 Å². The Morgan fingerprint density at radius 1 is 1.12 bits per heavy atom. The summed E-state index contributed by atoms with van der Waals surface area (Å²) in [6, 6.07) is 12.3. The molecule has 6 heteroatoms. The molecule has 138 valence electrons. The van der Waals surface area contributed by atoms with Gasteiger partial charge in [-0.15, -0.1) is 0 Å². The van der Waals surface area contributed by atoms with Crippen LogP contribution in [-0.4, -0.2) is 30.7 Å². The third-order valence-corrected chi connectivity index (χ3v) is 3.77. The van der Waals surface area contributed by atoms with Crippen molar-refractivity contribution >= 4 is 17.6 Å². The molecule has 2 aromatic carbocycles. The summed E-state index contributed by atoms with van der Waals surface area (Å²) in [7, 11) is 1.23. The minimum atomic E-state index is -0.660. The van der Waals surface area contributed by atoms with Gasteiger partial charge in [-0.25, -0.2) is 4.79 Å². The van der Waals surface area contributed by atoms with Gasteiger partial charge in [-0.1, -0.05) is 18.2 Å². The van der Waals surface area contributed by atoms with Gasteiger partial charge in [0.2, 0.25) is 5.91 Å². The number of unbranched alkanes of at least 4 members (excludes halogenated alkanes) is 1. The maximum absolute atomic E-state index is 12.0. The standard InChI is InChI=1S/C20H23NO5/c1-14-7-5-8-15(13-14)26-12-4-3-11-18(22)21-17-10-6-9-16(19(17)23)20(24)25-2/h5-10,13,23H,3-4,11-12H2,1-2H3,(H,21,22). The number of methoxy groups -OCH3 is 1. The van der Waals surface area contributed by atoms with Crippen molar-refractivity contribution in [2.24, 2.45) is 0 Å². The summed E-state index contributed by atoms with van der Waals surface area (Å²) >= 11 is 0. The van der Waals surface area contributed by atoms with Crippen molar-refractivity contribution in [1.82, 2.24) is 0 Å². The van der Waals surface area contributed by atoms with E-state index < -0.39 is 5.97 Å². The van der Waals surface area contributed by atoms with Gasteiger partial charge in [0.05, 0.1) is 19.4 Å². The van der Waals surface area contributed by atoms with E-state index >= 15 is 0 Å². The first-order valence-corrected chi connectivity index (χ1v) is 8.41. The van der Waals surface area contributed by atoms with Crippen molar-refractivity contribution in [3.63, 3.8) is 0 Å². The normalized spacial score (nSPS) is 10.2. The van der Waals surface area contributed by atoms with Crippen LogP contribution in [0, 0.1) is 6.92 Å². The average molecular weight is 357 g/mol. The number of esters is 1. The maximum Gasteiger partial charge on any atom is 0.341 e. The number of carbonyl (C=O) groups excluding carboxylic acids is 2. The molecule has 0 aromatic heterocycles. The monoisotopic (exact) mass is 357 g/mol. The van der Waals surface area contributed by atoms with Gasteiger partial charge < -0.3 is 19.9 Å². The first-order chi connectivity index (χ1) is 12.5. The summed E-state index contributed by atoms with van der Waals surface area (Å²) in [5.74, 6) is -0.376. The number of hydrogen-bond acceptors (Lipinski definition) is 5. The summed E-state index contributed by atoms with van der Waals surface area (Å²) in [6.45, 7) is 2.53. The Morgan fingerprint density at radius 2 is 1.88 bits per heavy atom. The highest BCUT2D eigenvalue weighted by Gasteiger charge is 2.15. The van der Waals surface area contributed by atoms with Crippen molar-refractivity contribution in [3.8, 4) is 11.5 Å². The van der Waals surface area contributed by atoms with Gasteiger partial charge in [0.25, 0.3) is 0 Å². The van der Waals surface area contributed by atoms with Crippen molar-refractivity contribution < 1.29 is 24.2 Å². The maximum atomic E-state index is 12.0. The number of rotatable bonds is 8. The van der Waals surface area contributed by atoms with E-state index in [1.165, 1.54) is 19.2 Å². The van der Waals surface area contributed by atoms with Crippen molar-refractivity contribution in [3.05, 3.63) is 53.6 Å². The van der Waals surface area contributed by atoms with Crippen molar-refractivity contribution in [2.75, 3.05) is 19.0 Å². The third-order valence-electron chi connectivity index (χ3n) is 3.77. The predicted octanol–water partition coefficient (Wildman–Crippen LogP) is 3.68. The van der Waals surface area contributed by atoms with Crippen LogP contribution in [-0.2, 0) is 9.53 Å². The second kappa shape index (κ2) is 9.46. The number of aromatic hydroxyl groups is 1. The van der Waals surface area contributed by atoms with Crippen LogP contribution >= 0.6 is 0 Å². The van der Waals surface area contributed by atoms with Crippen LogP contribution in [0.4, 0.5) is 5.69 Å². The highest BCUT2D eigenvalue weighted by Crippen LogP contribution is 2.28. The molecule has 0 aliphatic carbocycles. The molecule has 0 aliphatic rings. The molecule has 0 atom stereocenters. The molecule has 2 N–H and O–H groups in total. The Morgan fingerprint density at radius 3 is 2.62 bits per heavy atom. The lowest BCUT2D eigenvalue weighted by Gasteiger charge is -2.10. The molecule has 0 bridgehead atoms. The van der Waals surface area contributed by atoms with Crippen LogP contribution in [0.15, 0.2) is 42.5 Å². The molecule has 0 spiro atoms. The number of aryl methyl sites for hydroxylation is 1. The minimum Gasteiger partial charge on any atom is -0.505 e. The lowest BCUT2D eigenvalue weighted by Crippen LogP contribution is -2.13. The van der Waals surface area contributed by atoms with Gasteiger partial charge >= 0.3 is 5.97 Å². The lowest BCUT2D eigenvalue weighted by molar-refractivity contribution is -0.116. The molecule has 1 amide bonds. The van der Waals surface area contributed by atoms with E-state index in [4.69, 9.17) is 4.74 Å². The molecular formula is C20H23NO5. The number of benzene rings is 2. The first kappa shape index (κ1) is 19.3. The Hall–Kier alpha value is -3.02. The number of amides is 1. The molecule has 6 nitrogen and oxygen atoms in total. The number of nitrogens with one attached hydrogen (secondary N) is 1. The molecule has 0 fully saturated rings. The molecule has 0 saturated heterocycles. The van der Waals surface area contributed by atoms with Crippen molar-refractivity contribution in [1.29, 1.82) is 0 Å². The van der Waals surface area contributed by atoms with Gasteiger partial charge in [-0.05, 0) is 49.6 Å². The average Bonchev–Trinajstić information content (AvgIpc) is 2.62. The number of phenols is 1. The first-order valence-electron chi connectivity index (χ1n) is 8.41. The zero-order valence-electron chi connectivity index (χ0n) is 15.0. The zero-order valence-corrected chi connectivity index (χ0v) is 15.0. The van der Waals surface area contributed by atoms with E-state index in [1.807, 2.05) is 31.2 Å². The smallest absolute Gasteiger partial charge is 0.341 e. The van der Waals surface area contributed by atoms with E-state index in [1.54, 1.807) is 6.07 Å². The fraction of sp³-hybridized carbons (Fsp3) is 0.300. The van der Waals surface area contributed by atoms with E-state index in [0.717, 1.165) is 17.7 Å². The molecule has 0 heterocycles. The number of ether oxygens (including phenoxy) is 2. The summed E-state index contributed by atoms with van der Waals surface area (Å²) < 4.78 is 10.2. The SMILES string of the molecule is COC(=O)c1cccc(NC(=O)CCCCOc2cccc(C)c2)c1O. The topological polar surface area (TPSA) is 84.9 Å². The van der Waals surface area contributed by atoms with E-state index in [2.05, 4.69) is 10.1 Å². The minimum absolute atomic E-state index is 0.0110. The van der Waals surface area contributed by atoms with Crippen LogP contribution in [0.2, 0.25) is 0 Å². The number of hydrogen-bond donors (Lipinski definition) is 2. The molecule has 26 heavy (non-hydrogen) atoms. The Kier molecular flexibility index (Phi) is 7.02. The number of phenolic OH excluding ortho intramolecular Hbond substituents is 1. The lowest BCUT2D eigenvalue weighted by atomic mass is 10.1. The summed E-state index contributed by atoms with van der Waals surface area (Å²) in [5.41, 5.74) is 1.33.